The first-order valence-corrected chi connectivity index (χ1v) is 6.24. The summed E-state index contributed by atoms with van der Waals surface area (Å²) in [6.45, 7) is 0. The SMILES string of the molecule is Cn1ccc(NC(=O)C=Cc2cc(Cl)ccc2Cl)n1. The molecule has 1 aromatic heterocycles. The van der Waals surface area contributed by atoms with E-state index in [2.05, 4.69) is 10.4 Å². The summed E-state index contributed by atoms with van der Waals surface area (Å²) >= 11 is 11.8. The first-order chi connectivity index (χ1) is 9.04. The normalized spacial score (nSPS) is 10.9. The molecule has 6 heteroatoms. The Balaban J connectivity index is 2.05. The number of nitrogens with zero attached hydrogens (tertiary/aromatic N) is 2. The topological polar surface area (TPSA) is 46.9 Å². The molecule has 0 radical (unpaired) electrons. The number of amides is 1. The summed E-state index contributed by atoms with van der Waals surface area (Å²) in [6, 6.07) is 6.77. The quantitative estimate of drug-likeness (QED) is 0.883. The average Bonchev–Trinajstić information content (AvgIpc) is 2.76. The van der Waals surface area contributed by atoms with Gasteiger partial charge in [-0.2, -0.15) is 5.10 Å². The van der Waals surface area contributed by atoms with Crippen LogP contribution in [-0.2, 0) is 11.8 Å². The van der Waals surface area contributed by atoms with Crippen LogP contribution < -0.4 is 5.32 Å². The van der Waals surface area contributed by atoms with Crippen molar-refractivity contribution in [2.24, 2.45) is 7.05 Å². The molecule has 0 aliphatic carbocycles. The number of benzene rings is 1. The molecule has 19 heavy (non-hydrogen) atoms. The Bertz CT molecular complexity index is 635. The van der Waals surface area contributed by atoms with E-state index in [9.17, 15) is 4.79 Å². The Hall–Kier alpha value is -1.78. The van der Waals surface area contributed by atoms with Gasteiger partial charge in [-0.05, 0) is 29.8 Å². The van der Waals surface area contributed by atoms with Gasteiger partial charge in [-0.25, -0.2) is 0 Å². The number of aryl methyl sites for hydroxylation is 1. The Morgan fingerprint density at radius 3 is 2.84 bits per heavy atom. The predicted molar refractivity (Wildman–Crippen MR) is 77.3 cm³/mol. The lowest BCUT2D eigenvalue weighted by molar-refractivity contribution is -0.111. The number of nitrogens with one attached hydrogen (secondary N) is 1. The van der Waals surface area contributed by atoms with Gasteiger partial charge in [-0.15, -0.1) is 0 Å². The van der Waals surface area contributed by atoms with Crippen LogP contribution >= 0.6 is 23.2 Å². The standard InChI is InChI=1S/C13H11Cl2N3O/c1-18-7-6-12(17-18)16-13(19)5-2-9-8-10(14)3-4-11(9)15/h2-8H,1H3,(H,16,17,19). The van der Waals surface area contributed by atoms with Crippen molar-refractivity contribution >= 4 is 41.0 Å². The second kappa shape index (κ2) is 5.91. The van der Waals surface area contributed by atoms with E-state index in [4.69, 9.17) is 23.2 Å². The van der Waals surface area contributed by atoms with Crippen LogP contribution in [0.1, 0.15) is 5.56 Å². The van der Waals surface area contributed by atoms with Gasteiger partial charge in [-0.3, -0.25) is 9.48 Å². The largest absolute Gasteiger partial charge is 0.306 e. The number of carbonyl (C=O) groups is 1. The summed E-state index contributed by atoms with van der Waals surface area (Å²) in [5, 5.41) is 7.77. The third-order valence-corrected chi connectivity index (χ3v) is 2.92. The fraction of sp³-hybridized carbons (Fsp3) is 0.0769. The van der Waals surface area contributed by atoms with Gasteiger partial charge in [0, 0.05) is 35.4 Å². The predicted octanol–water partition coefficient (Wildman–Crippen LogP) is 3.38. The summed E-state index contributed by atoms with van der Waals surface area (Å²) < 4.78 is 1.60. The second-order valence-corrected chi connectivity index (χ2v) is 4.71. The highest BCUT2D eigenvalue weighted by Gasteiger charge is 2.02. The molecule has 4 nitrogen and oxygen atoms in total. The number of hydrogen-bond acceptors (Lipinski definition) is 2. The van der Waals surface area contributed by atoms with Crippen molar-refractivity contribution < 1.29 is 4.79 Å². The van der Waals surface area contributed by atoms with Crippen molar-refractivity contribution in [3.05, 3.63) is 52.1 Å². The van der Waals surface area contributed by atoms with Crippen LogP contribution in [0.15, 0.2) is 36.5 Å². The molecular weight excluding hydrogens is 285 g/mol. The zero-order chi connectivity index (χ0) is 13.8. The van der Waals surface area contributed by atoms with Crippen LogP contribution in [0.4, 0.5) is 5.82 Å². The van der Waals surface area contributed by atoms with Crippen LogP contribution in [0.25, 0.3) is 6.08 Å². The molecule has 1 aromatic carbocycles. The van der Waals surface area contributed by atoms with E-state index >= 15 is 0 Å². The van der Waals surface area contributed by atoms with Crippen LogP contribution in [0.3, 0.4) is 0 Å². The van der Waals surface area contributed by atoms with Gasteiger partial charge in [0.2, 0.25) is 5.91 Å². The lowest BCUT2D eigenvalue weighted by atomic mass is 10.2. The minimum atomic E-state index is -0.283. The molecule has 0 atom stereocenters. The van der Waals surface area contributed by atoms with E-state index in [1.54, 1.807) is 48.3 Å². The molecule has 1 heterocycles. The molecule has 0 saturated heterocycles. The highest BCUT2D eigenvalue weighted by Crippen LogP contribution is 2.21. The lowest BCUT2D eigenvalue weighted by Crippen LogP contribution is -2.08. The number of hydrogen-bond donors (Lipinski definition) is 1. The molecule has 0 spiro atoms. The maximum atomic E-state index is 11.7. The van der Waals surface area contributed by atoms with E-state index < -0.39 is 0 Å². The van der Waals surface area contributed by atoms with E-state index in [1.807, 2.05) is 0 Å². The van der Waals surface area contributed by atoms with Crippen LogP contribution in [0.5, 0.6) is 0 Å². The highest BCUT2D eigenvalue weighted by atomic mass is 35.5. The van der Waals surface area contributed by atoms with Crippen LogP contribution in [-0.4, -0.2) is 15.7 Å². The summed E-state index contributed by atoms with van der Waals surface area (Å²) in [4.78, 5) is 11.7. The van der Waals surface area contributed by atoms with E-state index in [0.717, 1.165) is 0 Å². The third-order valence-electron chi connectivity index (χ3n) is 2.34. The molecule has 1 amide bonds. The fourth-order valence-electron chi connectivity index (χ4n) is 1.46. The first kappa shape index (κ1) is 13.6. The first-order valence-electron chi connectivity index (χ1n) is 5.48. The number of carbonyl (C=O) groups excluding carboxylic acids is 1. The monoisotopic (exact) mass is 295 g/mol. The maximum absolute atomic E-state index is 11.7. The van der Waals surface area contributed by atoms with Gasteiger partial charge < -0.3 is 5.32 Å². The highest BCUT2D eigenvalue weighted by molar-refractivity contribution is 6.34. The Labute approximate surface area is 120 Å². The van der Waals surface area contributed by atoms with Crippen LogP contribution in [0, 0.1) is 0 Å². The maximum Gasteiger partial charge on any atom is 0.249 e. The third kappa shape index (κ3) is 3.84. The molecule has 0 fully saturated rings. The van der Waals surface area contributed by atoms with Crippen molar-refractivity contribution in [2.75, 3.05) is 5.32 Å². The molecule has 1 N–H and O–H groups in total. The minimum absolute atomic E-state index is 0.283. The lowest BCUT2D eigenvalue weighted by Gasteiger charge is -1.99. The number of anilines is 1. The summed E-state index contributed by atoms with van der Waals surface area (Å²) in [6.07, 6.45) is 4.73. The molecule has 2 rings (SSSR count). The zero-order valence-corrected chi connectivity index (χ0v) is 11.6. The Morgan fingerprint density at radius 2 is 2.16 bits per heavy atom. The van der Waals surface area contributed by atoms with Gasteiger partial charge in [0.1, 0.15) is 0 Å². The number of rotatable bonds is 3. The van der Waals surface area contributed by atoms with Gasteiger partial charge in [0.15, 0.2) is 5.82 Å². The van der Waals surface area contributed by atoms with Crippen LogP contribution in [0.2, 0.25) is 10.0 Å². The van der Waals surface area contributed by atoms with Gasteiger partial charge in [-0.1, -0.05) is 23.2 Å². The summed E-state index contributed by atoms with van der Waals surface area (Å²) in [7, 11) is 1.78. The fourth-order valence-corrected chi connectivity index (χ4v) is 1.82. The number of halogens is 2. The molecular formula is C13H11Cl2N3O. The Kier molecular flexibility index (Phi) is 4.24. The molecule has 0 aliphatic heterocycles. The minimum Gasteiger partial charge on any atom is -0.306 e. The van der Waals surface area contributed by atoms with Crippen molar-refractivity contribution in [2.45, 2.75) is 0 Å². The summed E-state index contributed by atoms with van der Waals surface area (Å²) in [5.41, 5.74) is 0.685. The molecule has 98 valence electrons. The Morgan fingerprint density at radius 1 is 1.37 bits per heavy atom. The molecule has 2 aromatic rings. The van der Waals surface area contributed by atoms with Crippen molar-refractivity contribution in [1.82, 2.24) is 9.78 Å². The zero-order valence-electron chi connectivity index (χ0n) is 10.1. The second-order valence-electron chi connectivity index (χ2n) is 3.86. The molecule has 0 aliphatic rings. The average molecular weight is 296 g/mol. The summed E-state index contributed by atoms with van der Waals surface area (Å²) in [5.74, 6) is 0.212. The van der Waals surface area contributed by atoms with E-state index in [0.29, 0.717) is 21.4 Å². The molecule has 0 unspecified atom stereocenters. The van der Waals surface area contributed by atoms with Gasteiger partial charge in [0.25, 0.3) is 0 Å². The molecule has 0 bridgehead atoms. The van der Waals surface area contributed by atoms with Gasteiger partial charge >= 0.3 is 0 Å². The van der Waals surface area contributed by atoms with E-state index in [1.165, 1.54) is 6.08 Å². The molecule has 0 saturated carbocycles. The van der Waals surface area contributed by atoms with E-state index in [-0.39, 0.29) is 5.91 Å². The number of aromatic nitrogens is 2. The van der Waals surface area contributed by atoms with Crippen molar-refractivity contribution in [3.63, 3.8) is 0 Å². The van der Waals surface area contributed by atoms with Gasteiger partial charge in [0.05, 0.1) is 0 Å². The van der Waals surface area contributed by atoms with Crippen molar-refractivity contribution in [3.8, 4) is 0 Å². The smallest absolute Gasteiger partial charge is 0.249 e. The van der Waals surface area contributed by atoms with Crippen molar-refractivity contribution in [1.29, 1.82) is 0 Å².